The second-order valence-corrected chi connectivity index (χ2v) is 2.18. The maximum absolute atomic E-state index is 9.66. The van der Waals surface area contributed by atoms with E-state index in [2.05, 4.69) is 4.36 Å². The van der Waals surface area contributed by atoms with Crippen LogP contribution >= 0.6 is 11.6 Å². The van der Waals surface area contributed by atoms with Gasteiger partial charge in [-0.15, -0.1) is 11.6 Å². The Kier molecular flexibility index (Phi) is 5.00. The second kappa shape index (κ2) is 5.05. The van der Waals surface area contributed by atoms with E-state index in [1.807, 2.05) is 0 Å². The molecular weight excluding hydrogens is 150 g/mol. The second-order valence-electron chi connectivity index (χ2n) is 1.11. The molecule has 0 N–H and O–H groups in total. The number of nitrogens with zero attached hydrogens (tertiary/aromatic N) is 1. The van der Waals surface area contributed by atoms with Gasteiger partial charge >= 0.3 is 10.5 Å². The van der Waals surface area contributed by atoms with Gasteiger partial charge in [0.1, 0.15) is 0 Å². The lowest BCUT2D eigenvalue weighted by Crippen LogP contribution is -1.79. The molecule has 0 aliphatic rings. The lowest BCUT2D eigenvalue weighted by molar-refractivity contribution is 0.620. The van der Waals surface area contributed by atoms with Crippen molar-refractivity contribution in [2.75, 3.05) is 12.4 Å². The molecule has 0 saturated heterocycles. The van der Waals surface area contributed by atoms with Gasteiger partial charge in [-0.3, -0.25) is 0 Å². The summed E-state index contributed by atoms with van der Waals surface area (Å²) in [6.07, 6.45) is 0.621. The lowest BCUT2D eigenvalue weighted by atomic mass is 10.5. The summed E-state index contributed by atoms with van der Waals surface area (Å²) >= 11 is 5.22. The molecule has 0 aliphatic heterocycles. The molecule has 3 nitrogen and oxygen atoms in total. The summed E-state index contributed by atoms with van der Waals surface area (Å²) in [6, 6.07) is 0. The van der Waals surface area contributed by atoms with Gasteiger partial charge in [-0.2, -0.15) is 12.8 Å². The number of hydrogen-bond acceptors (Lipinski definition) is 3. The van der Waals surface area contributed by atoms with E-state index in [1.165, 1.54) is 0 Å². The van der Waals surface area contributed by atoms with E-state index < -0.39 is 10.5 Å². The van der Waals surface area contributed by atoms with Gasteiger partial charge in [-0.05, 0) is 6.42 Å². The topological polar surface area (TPSA) is 46.5 Å². The van der Waals surface area contributed by atoms with E-state index in [0.29, 0.717) is 18.8 Å². The smallest absolute Gasteiger partial charge is 0.172 e. The highest BCUT2D eigenvalue weighted by atomic mass is 35.5. The number of hydrogen-bond donors (Lipinski definition) is 0. The zero-order valence-corrected chi connectivity index (χ0v) is 5.74. The number of rotatable bonds is 3. The lowest BCUT2D eigenvalue weighted by Gasteiger charge is -1.79. The van der Waals surface area contributed by atoms with E-state index in [-0.39, 0.29) is 0 Å². The van der Waals surface area contributed by atoms with Crippen LogP contribution in [0.1, 0.15) is 6.42 Å². The van der Waals surface area contributed by atoms with E-state index in [9.17, 15) is 8.42 Å². The van der Waals surface area contributed by atoms with Gasteiger partial charge in [-0.25, -0.2) is 0 Å². The zero-order valence-electron chi connectivity index (χ0n) is 4.17. The predicted molar refractivity (Wildman–Crippen MR) is 31.6 cm³/mol. The van der Waals surface area contributed by atoms with Gasteiger partial charge in [0.05, 0.1) is 6.54 Å². The average molecular weight is 156 g/mol. The first kappa shape index (κ1) is 7.91. The molecule has 8 heavy (non-hydrogen) atoms. The van der Waals surface area contributed by atoms with Crippen LogP contribution in [0.5, 0.6) is 0 Å². The van der Waals surface area contributed by atoms with Crippen molar-refractivity contribution in [2.24, 2.45) is 4.36 Å². The van der Waals surface area contributed by atoms with E-state index >= 15 is 0 Å². The van der Waals surface area contributed by atoms with E-state index in [1.54, 1.807) is 0 Å². The van der Waals surface area contributed by atoms with Gasteiger partial charge in [0.25, 0.3) is 0 Å². The summed E-state index contributed by atoms with van der Waals surface area (Å²) in [4.78, 5) is 0. The third-order valence-corrected chi connectivity index (χ3v) is 1.15. The summed E-state index contributed by atoms with van der Waals surface area (Å²) in [5, 5.41) is 0. The Hall–Kier alpha value is -0.0900. The molecule has 0 aromatic carbocycles. The van der Waals surface area contributed by atoms with Crippen LogP contribution < -0.4 is 0 Å². The summed E-state index contributed by atoms with van der Waals surface area (Å²) in [5.74, 6) is 0.459. The maximum atomic E-state index is 9.66. The zero-order chi connectivity index (χ0) is 6.41. The Bertz CT molecular complexity index is 154. The molecule has 0 saturated carbocycles. The number of alkyl halides is 1. The first-order chi connectivity index (χ1) is 3.77. The largest absolute Gasteiger partial charge is 0.311 e. The van der Waals surface area contributed by atoms with Crippen molar-refractivity contribution in [1.82, 2.24) is 0 Å². The normalized spacial score (nSPS) is 8.62. The molecule has 48 valence electrons. The maximum Gasteiger partial charge on any atom is 0.311 e. The SMILES string of the molecule is O=S(=O)=NCCCCl. The van der Waals surface area contributed by atoms with E-state index in [4.69, 9.17) is 11.6 Å². The Balaban J connectivity index is 3.31. The highest BCUT2D eigenvalue weighted by Gasteiger charge is 1.78. The van der Waals surface area contributed by atoms with Crippen LogP contribution in [0.4, 0.5) is 0 Å². The van der Waals surface area contributed by atoms with Crippen molar-refractivity contribution in [3.8, 4) is 0 Å². The van der Waals surface area contributed by atoms with Crippen molar-refractivity contribution < 1.29 is 8.42 Å². The van der Waals surface area contributed by atoms with Crippen molar-refractivity contribution in [3.63, 3.8) is 0 Å². The molecule has 0 spiro atoms. The van der Waals surface area contributed by atoms with Gasteiger partial charge in [0.2, 0.25) is 0 Å². The molecule has 0 aliphatic carbocycles. The Morgan fingerprint density at radius 2 is 2.12 bits per heavy atom. The first-order valence-electron chi connectivity index (χ1n) is 2.10. The Labute approximate surface area is 54.4 Å². The molecule has 0 heterocycles. The summed E-state index contributed by atoms with van der Waals surface area (Å²) in [7, 11) is -2.25. The van der Waals surface area contributed by atoms with Crippen LogP contribution in [0.25, 0.3) is 0 Å². The third kappa shape index (κ3) is 5.91. The third-order valence-electron chi connectivity index (χ3n) is 0.488. The van der Waals surface area contributed by atoms with Crippen LogP contribution in [0.2, 0.25) is 0 Å². The van der Waals surface area contributed by atoms with Crippen LogP contribution in [0.3, 0.4) is 0 Å². The quantitative estimate of drug-likeness (QED) is 0.445. The van der Waals surface area contributed by atoms with Crippen molar-refractivity contribution in [1.29, 1.82) is 0 Å². The van der Waals surface area contributed by atoms with Gasteiger partial charge in [0.15, 0.2) is 0 Å². The highest BCUT2D eigenvalue weighted by molar-refractivity contribution is 7.61. The molecule has 0 unspecified atom stereocenters. The molecule has 0 bridgehead atoms. The minimum atomic E-state index is -2.25. The molecule has 0 atom stereocenters. The average Bonchev–Trinajstić information content (AvgIpc) is 1.66. The minimum Gasteiger partial charge on any atom is -0.172 e. The fourth-order valence-corrected chi connectivity index (χ4v) is 0.597. The summed E-state index contributed by atoms with van der Waals surface area (Å²) < 4.78 is 22.5. The molecule has 5 heteroatoms. The predicted octanol–water partition coefficient (Wildman–Crippen LogP) is 0.678. The fourth-order valence-electron chi connectivity index (χ4n) is 0.199. The molecule has 0 aromatic rings. The van der Waals surface area contributed by atoms with E-state index in [0.717, 1.165) is 0 Å². The molecule has 0 radical (unpaired) electrons. The minimum absolute atomic E-state index is 0.305. The molecular formula is C3H6ClNO2S. The summed E-state index contributed by atoms with van der Waals surface area (Å²) in [6.45, 7) is 0.305. The van der Waals surface area contributed by atoms with Gasteiger partial charge in [0, 0.05) is 5.88 Å². The Morgan fingerprint density at radius 3 is 2.50 bits per heavy atom. The van der Waals surface area contributed by atoms with Gasteiger partial charge < -0.3 is 0 Å². The van der Waals surface area contributed by atoms with Crippen molar-refractivity contribution in [2.45, 2.75) is 6.42 Å². The monoisotopic (exact) mass is 155 g/mol. The van der Waals surface area contributed by atoms with Gasteiger partial charge in [-0.1, -0.05) is 0 Å². The first-order valence-corrected chi connectivity index (χ1v) is 3.67. The highest BCUT2D eigenvalue weighted by Crippen LogP contribution is 1.83. The summed E-state index contributed by atoms with van der Waals surface area (Å²) in [5.41, 5.74) is 0. The standard InChI is InChI=1S/C3H6ClNO2S/c4-2-1-3-5-8(6)7/h1-3H2. The molecule has 0 rings (SSSR count). The van der Waals surface area contributed by atoms with Crippen LogP contribution in [-0.2, 0) is 10.5 Å². The van der Waals surface area contributed by atoms with Crippen molar-refractivity contribution in [3.05, 3.63) is 0 Å². The number of halogens is 1. The van der Waals surface area contributed by atoms with Crippen molar-refractivity contribution >= 4 is 22.1 Å². The molecule has 0 amide bonds. The fraction of sp³-hybridized carbons (Fsp3) is 1.00. The van der Waals surface area contributed by atoms with Crippen LogP contribution in [-0.4, -0.2) is 20.8 Å². The Morgan fingerprint density at radius 1 is 1.50 bits per heavy atom. The molecule has 0 fully saturated rings. The van der Waals surface area contributed by atoms with Crippen LogP contribution in [0, 0.1) is 0 Å². The molecule has 0 aromatic heterocycles. The van der Waals surface area contributed by atoms with Crippen LogP contribution in [0.15, 0.2) is 4.36 Å².